The first-order valence-electron chi connectivity index (χ1n) is 7.67. The van der Waals surface area contributed by atoms with Crippen molar-refractivity contribution in [1.29, 1.82) is 0 Å². The SMILES string of the molecule is COc1ccc(Cl)cc1NC(=O)[C@H](C)Nc1cccc(NC(C)=O)c1. The Morgan fingerprint density at radius 3 is 2.48 bits per heavy atom. The topological polar surface area (TPSA) is 79.5 Å². The van der Waals surface area contributed by atoms with E-state index in [2.05, 4.69) is 16.0 Å². The molecule has 7 heteroatoms. The Hall–Kier alpha value is -2.73. The van der Waals surface area contributed by atoms with Crippen LogP contribution in [-0.2, 0) is 9.59 Å². The van der Waals surface area contributed by atoms with E-state index in [4.69, 9.17) is 16.3 Å². The molecule has 132 valence electrons. The number of halogens is 1. The summed E-state index contributed by atoms with van der Waals surface area (Å²) >= 11 is 5.97. The molecule has 0 radical (unpaired) electrons. The maximum absolute atomic E-state index is 12.4. The highest BCUT2D eigenvalue weighted by atomic mass is 35.5. The van der Waals surface area contributed by atoms with Crippen molar-refractivity contribution in [2.24, 2.45) is 0 Å². The summed E-state index contributed by atoms with van der Waals surface area (Å²) in [4.78, 5) is 23.5. The van der Waals surface area contributed by atoms with Crippen LogP contribution in [0.3, 0.4) is 0 Å². The van der Waals surface area contributed by atoms with Gasteiger partial charge in [-0.25, -0.2) is 0 Å². The summed E-state index contributed by atoms with van der Waals surface area (Å²) in [6, 6.07) is 11.6. The minimum Gasteiger partial charge on any atom is -0.495 e. The molecule has 1 atom stereocenters. The highest BCUT2D eigenvalue weighted by Gasteiger charge is 2.15. The van der Waals surface area contributed by atoms with Crippen LogP contribution in [0.5, 0.6) is 5.75 Å². The van der Waals surface area contributed by atoms with Crippen LogP contribution >= 0.6 is 11.6 Å². The van der Waals surface area contributed by atoms with Gasteiger partial charge in [-0.05, 0) is 43.3 Å². The van der Waals surface area contributed by atoms with E-state index in [1.54, 1.807) is 43.3 Å². The third kappa shape index (κ3) is 5.39. The number of ether oxygens (including phenoxy) is 1. The number of carbonyl (C=O) groups is 2. The van der Waals surface area contributed by atoms with Crippen LogP contribution in [0.2, 0.25) is 5.02 Å². The second kappa shape index (κ2) is 8.39. The van der Waals surface area contributed by atoms with Gasteiger partial charge in [-0.15, -0.1) is 0 Å². The maximum atomic E-state index is 12.4. The fraction of sp³-hybridized carbons (Fsp3) is 0.222. The summed E-state index contributed by atoms with van der Waals surface area (Å²) < 4.78 is 5.22. The molecule has 6 nitrogen and oxygen atoms in total. The molecule has 0 aliphatic rings. The lowest BCUT2D eigenvalue weighted by molar-refractivity contribution is -0.116. The Bertz CT molecular complexity index is 780. The van der Waals surface area contributed by atoms with Gasteiger partial charge in [-0.3, -0.25) is 9.59 Å². The van der Waals surface area contributed by atoms with Crippen molar-refractivity contribution in [2.75, 3.05) is 23.1 Å². The van der Waals surface area contributed by atoms with Gasteiger partial charge >= 0.3 is 0 Å². The minimum absolute atomic E-state index is 0.156. The molecule has 0 saturated heterocycles. The number of hydrogen-bond donors (Lipinski definition) is 3. The van der Waals surface area contributed by atoms with Crippen LogP contribution in [0.25, 0.3) is 0 Å². The lowest BCUT2D eigenvalue weighted by atomic mass is 10.2. The van der Waals surface area contributed by atoms with Crippen molar-refractivity contribution in [1.82, 2.24) is 0 Å². The van der Waals surface area contributed by atoms with Gasteiger partial charge in [0.05, 0.1) is 12.8 Å². The molecule has 0 saturated carbocycles. The van der Waals surface area contributed by atoms with Gasteiger partial charge in [-0.2, -0.15) is 0 Å². The molecule has 0 spiro atoms. The quantitative estimate of drug-likeness (QED) is 0.732. The number of anilines is 3. The van der Waals surface area contributed by atoms with Crippen molar-refractivity contribution in [3.05, 3.63) is 47.5 Å². The number of benzene rings is 2. The monoisotopic (exact) mass is 361 g/mol. The van der Waals surface area contributed by atoms with Gasteiger partial charge in [0.1, 0.15) is 11.8 Å². The Kier molecular flexibility index (Phi) is 6.25. The van der Waals surface area contributed by atoms with E-state index in [-0.39, 0.29) is 11.8 Å². The first kappa shape index (κ1) is 18.6. The van der Waals surface area contributed by atoms with Gasteiger partial charge < -0.3 is 20.7 Å². The molecule has 0 aliphatic heterocycles. The molecule has 0 bridgehead atoms. The number of hydrogen-bond acceptors (Lipinski definition) is 4. The Balaban J connectivity index is 2.06. The molecule has 2 aromatic carbocycles. The second-order valence-electron chi connectivity index (χ2n) is 5.46. The molecule has 0 unspecified atom stereocenters. The Labute approximate surface area is 151 Å². The molecule has 2 aromatic rings. The molecule has 3 N–H and O–H groups in total. The minimum atomic E-state index is -0.517. The normalized spacial score (nSPS) is 11.4. The van der Waals surface area contributed by atoms with Crippen molar-refractivity contribution in [3.63, 3.8) is 0 Å². The third-order valence-corrected chi connectivity index (χ3v) is 3.61. The van der Waals surface area contributed by atoms with Crippen LogP contribution in [0.4, 0.5) is 17.1 Å². The van der Waals surface area contributed by atoms with E-state index in [1.165, 1.54) is 14.0 Å². The first-order valence-corrected chi connectivity index (χ1v) is 8.05. The molecular formula is C18H20ClN3O3. The van der Waals surface area contributed by atoms with E-state index < -0.39 is 6.04 Å². The zero-order valence-corrected chi connectivity index (χ0v) is 15.0. The van der Waals surface area contributed by atoms with E-state index >= 15 is 0 Å². The third-order valence-electron chi connectivity index (χ3n) is 3.38. The fourth-order valence-corrected chi connectivity index (χ4v) is 2.40. The maximum Gasteiger partial charge on any atom is 0.246 e. The van der Waals surface area contributed by atoms with Crippen molar-refractivity contribution in [3.8, 4) is 5.75 Å². The number of rotatable bonds is 6. The average molecular weight is 362 g/mol. The lowest BCUT2D eigenvalue weighted by Gasteiger charge is -2.17. The van der Waals surface area contributed by atoms with E-state index in [0.29, 0.717) is 27.8 Å². The van der Waals surface area contributed by atoms with Crippen LogP contribution in [0.1, 0.15) is 13.8 Å². The lowest BCUT2D eigenvalue weighted by Crippen LogP contribution is -2.32. The van der Waals surface area contributed by atoms with Crippen molar-refractivity contribution in [2.45, 2.75) is 19.9 Å². The molecule has 0 fully saturated rings. The summed E-state index contributed by atoms with van der Waals surface area (Å²) in [5.74, 6) is 0.124. The fourth-order valence-electron chi connectivity index (χ4n) is 2.22. The molecule has 0 aromatic heterocycles. The van der Waals surface area contributed by atoms with E-state index in [0.717, 1.165) is 0 Å². The molecule has 2 rings (SSSR count). The Morgan fingerprint density at radius 2 is 1.80 bits per heavy atom. The zero-order valence-electron chi connectivity index (χ0n) is 14.2. The van der Waals surface area contributed by atoms with Crippen molar-refractivity contribution >= 4 is 40.5 Å². The van der Waals surface area contributed by atoms with Gasteiger partial charge in [0, 0.05) is 23.3 Å². The zero-order chi connectivity index (χ0) is 18.4. The molecular weight excluding hydrogens is 342 g/mol. The smallest absolute Gasteiger partial charge is 0.246 e. The second-order valence-corrected chi connectivity index (χ2v) is 5.90. The summed E-state index contributed by atoms with van der Waals surface area (Å²) in [7, 11) is 1.52. The Morgan fingerprint density at radius 1 is 1.08 bits per heavy atom. The number of amides is 2. The molecule has 0 heterocycles. The van der Waals surface area contributed by atoms with Gasteiger partial charge in [-0.1, -0.05) is 17.7 Å². The summed E-state index contributed by atoms with van der Waals surface area (Å²) in [6.07, 6.45) is 0. The number of methoxy groups -OCH3 is 1. The van der Waals surface area contributed by atoms with Gasteiger partial charge in [0.15, 0.2) is 0 Å². The average Bonchev–Trinajstić information content (AvgIpc) is 2.54. The van der Waals surface area contributed by atoms with Crippen LogP contribution in [-0.4, -0.2) is 25.0 Å². The first-order chi connectivity index (χ1) is 11.9. The summed E-state index contributed by atoms with van der Waals surface area (Å²) in [5.41, 5.74) is 1.87. The van der Waals surface area contributed by atoms with Crippen LogP contribution < -0.4 is 20.7 Å². The van der Waals surface area contributed by atoms with Crippen LogP contribution in [0, 0.1) is 0 Å². The molecule has 25 heavy (non-hydrogen) atoms. The van der Waals surface area contributed by atoms with Gasteiger partial charge in [0.2, 0.25) is 11.8 Å². The van der Waals surface area contributed by atoms with Crippen molar-refractivity contribution < 1.29 is 14.3 Å². The predicted octanol–water partition coefficient (Wildman–Crippen LogP) is 3.75. The molecule has 2 amide bonds. The standard InChI is InChI=1S/C18H20ClN3O3/c1-11(20-14-5-4-6-15(10-14)21-12(2)23)18(24)22-16-9-13(19)7-8-17(16)25-3/h4-11,20H,1-3H3,(H,21,23)(H,22,24)/t11-/m0/s1. The summed E-state index contributed by atoms with van der Waals surface area (Å²) in [6.45, 7) is 3.17. The highest BCUT2D eigenvalue weighted by molar-refractivity contribution is 6.31. The molecule has 0 aliphatic carbocycles. The number of nitrogens with one attached hydrogen (secondary N) is 3. The van der Waals surface area contributed by atoms with Crippen LogP contribution in [0.15, 0.2) is 42.5 Å². The van der Waals surface area contributed by atoms with Gasteiger partial charge in [0.25, 0.3) is 0 Å². The number of carbonyl (C=O) groups excluding carboxylic acids is 2. The summed E-state index contributed by atoms with van der Waals surface area (Å²) in [5, 5.41) is 9.08. The van der Waals surface area contributed by atoms with E-state index in [1.807, 2.05) is 6.07 Å². The predicted molar refractivity (Wildman–Crippen MR) is 100 cm³/mol. The largest absolute Gasteiger partial charge is 0.495 e. The van der Waals surface area contributed by atoms with E-state index in [9.17, 15) is 9.59 Å². The highest BCUT2D eigenvalue weighted by Crippen LogP contribution is 2.28.